The highest BCUT2D eigenvalue weighted by molar-refractivity contribution is 6.90. The molecule has 0 N–H and O–H groups in total. The Morgan fingerprint density at radius 2 is 0.778 bits per heavy atom. The standard InChI is InChI=1S/C26H30Si/c1-15-9-11-17(3)25-21(13-19(5)23(15)25)27(7,8)22-14-20(6)24-16(2)10-12-18(4)26(22)24/h9-14H,1-8H3. The van der Waals surface area contributed by atoms with Gasteiger partial charge in [0, 0.05) is 23.7 Å². The van der Waals surface area contributed by atoms with Crippen LogP contribution >= 0.6 is 0 Å². The van der Waals surface area contributed by atoms with E-state index < -0.39 is 8.07 Å². The largest absolute Gasteiger partial charge is 0.0684 e. The lowest BCUT2D eigenvalue weighted by molar-refractivity contribution is 0.987. The van der Waals surface area contributed by atoms with Crippen molar-refractivity contribution in [3.63, 3.8) is 0 Å². The van der Waals surface area contributed by atoms with E-state index >= 15 is 0 Å². The van der Waals surface area contributed by atoms with Crippen molar-refractivity contribution < 1.29 is 0 Å². The third-order valence-electron chi connectivity index (χ3n) is 6.64. The van der Waals surface area contributed by atoms with Gasteiger partial charge in [-0.25, -0.2) is 0 Å². The molecule has 2 fully saturated rings. The molecule has 0 aliphatic heterocycles. The number of hydrogen-bond donors (Lipinski definition) is 0. The lowest BCUT2D eigenvalue weighted by Gasteiger charge is -2.43. The summed E-state index contributed by atoms with van der Waals surface area (Å²) >= 11 is 0. The van der Waals surface area contributed by atoms with Gasteiger partial charge in [-0.15, -0.1) is 0 Å². The van der Waals surface area contributed by atoms with Gasteiger partial charge in [0.1, 0.15) is 0 Å². The van der Waals surface area contributed by atoms with E-state index in [1.807, 2.05) is 0 Å². The van der Waals surface area contributed by atoms with E-state index in [0.717, 1.165) is 0 Å². The summed E-state index contributed by atoms with van der Waals surface area (Å²) in [5.41, 5.74) is 8.84. The molecule has 4 rings (SSSR count). The average molecular weight is 371 g/mol. The van der Waals surface area contributed by atoms with Crippen LogP contribution in [0, 0.1) is 59.4 Å². The molecule has 10 radical (unpaired) electrons. The predicted octanol–water partition coefficient (Wildman–Crippen LogP) is 6.66. The van der Waals surface area contributed by atoms with Gasteiger partial charge >= 0.3 is 0 Å². The third kappa shape index (κ3) is 2.83. The molecular weight excluding hydrogens is 340 g/mol. The van der Waals surface area contributed by atoms with E-state index in [2.05, 4.69) is 91.8 Å². The Balaban J connectivity index is 1.70. The molecule has 0 saturated heterocycles. The Hall–Kier alpha value is -0.823. The molecule has 0 spiro atoms. The third-order valence-corrected chi connectivity index (χ3v) is 10.1. The summed E-state index contributed by atoms with van der Waals surface area (Å²) in [7, 11) is -1.85. The second kappa shape index (κ2) is 6.61. The van der Waals surface area contributed by atoms with Crippen molar-refractivity contribution >= 4 is 8.07 Å². The number of fused-ring (bicyclic) bond motifs is 2. The highest BCUT2D eigenvalue weighted by Gasteiger charge is 2.59. The first-order chi connectivity index (χ1) is 12.6. The van der Waals surface area contributed by atoms with Crippen molar-refractivity contribution in [2.45, 2.75) is 54.6 Å². The van der Waals surface area contributed by atoms with Gasteiger partial charge in [-0.05, 0) is 63.5 Å². The topological polar surface area (TPSA) is 0 Å². The molecule has 1 heteroatoms. The minimum absolute atomic E-state index is 1.40. The summed E-state index contributed by atoms with van der Waals surface area (Å²) < 4.78 is 0. The first kappa shape index (κ1) is 19.5. The maximum Gasteiger partial charge on any atom is 0.0635 e. The van der Waals surface area contributed by atoms with Crippen molar-refractivity contribution in [1.29, 1.82) is 0 Å². The van der Waals surface area contributed by atoms with Crippen LogP contribution < -0.4 is 0 Å². The zero-order chi connectivity index (χ0) is 19.7. The SMILES string of the molecule is C[C]1[CH][C]([Si](C)(C)[C]2[CH][C](C)[C]3[C]2C(C)=CC=C3C)[C]2[C]1C(C)=CC=C2C. The Kier molecular flexibility index (Phi) is 4.77. The number of rotatable bonds is 2. The zero-order valence-corrected chi connectivity index (χ0v) is 19.0. The molecule has 2 saturated carbocycles. The quantitative estimate of drug-likeness (QED) is 0.477. The number of allylic oxidation sites excluding steroid dienone is 8. The molecule has 0 aromatic rings. The molecule has 0 bridgehead atoms. The first-order valence-corrected chi connectivity index (χ1v) is 13.0. The minimum atomic E-state index is -1.85. The second-order valence-corrected chi connectivity index (χ2v) is 13.3. The zero-order valence-electron chi connectivity index (χ0n) is 18.0. The summed E-state index contributed by atoms with van der Waals surface area (Å²) in [6, 6.07) is 0. The van der Waals surface area contributed by atoms with Gasteiger partial charge in [0.25, 0.3) is 0 Å². The average Bonchev–Trinajstić information content (AvgIpc) is 3.15. The van der Waals surface area contributed by atoms with Crippen LogP contribution in [0.25, 0.3) is 0 Å². The number of hydrogen-bond acceptors (Lipinski definition) is 0. The van der Waals surface area contributed by atoms with Crippen LogP contribution in [0.3, 0.4) is 0 Å². The molecule has 0 aromatic heterocycles. The first-order valence-electron chi connectivity index (χ1n) is 9.98. The van der Waals surface area contributed by atoms with E-state index in [4.69, 9.17) is 0 Å². The highest BCUT2D eigenvalue weighted by Crippen LogP contribution is 2.64. The smallest absolute Gasteiger partial charge is 0.0635 e. The second-order valence-electron chi connectivity index (χ2n) is 9.01. The van der Waals surface area contributed by atoms with Crippen molar-refractivity contribution in [2.24, 2.45) is 0 Å². The van der Waals surface area contributed by atoms with Crippen LogP contribution in [0.5, 0.6) is 0 Å². The molecule has 0 atom stereocenters. The molecule has 138 valence electrons. The summed E-state index contributed by atoms with van der Waals surface area (Å²) in [5, 5.41) is 0. The lowest BCUT2D eigenvalue weighted by atomic mass is 9.77. The van der Waals surface area contributed by atoms with Gasteiger partial charge in [0.2, 0.25) is 0 Å². The van der Waals surface area contributed by atoms with E-state index in [1.54, 1.807) is 11.1 Å². The summed E-state index contributed by atoms with van der Waals surface area (Å²) in [6.45, 7) is 18.7. The maximum absolute atomic E-state index is 2.54. The van der Waals surface area contributed by atoms with Crippen LogP contribution in [-0.4, -0.2) is 8.07 Å². The fraction of sp³-hybridized carbons (Fsp3) is 0.308. The summed E-state index contributed by atoms with van der Waals surface area (Å²) in [5.74, 6) is 8.85. The van der Waals surface area contributed by atoms with Gasteiger partial charge in [0.05, 0.1) is 8.07 Å². The normalized spacial score (nSPS) is 28.1. The monoisotopic (exact) mass is 370 g/mol. The van der Waals surface area contributed by atoms with Crippen LogP contribution in [-0.2, 0) is 0 Å². The summed E-state index contributed by atoms with van der Waals surface area (Å²) in [6.07, 6.45) is 14.1. The lowest BCUT2D eigenvalue weighted by Crippen LogP contribution is -2.46. The molecule has 27 heavy (non-hydrogen) atoms. The van der Waals surface area contributed by atoms with E-state index in [0.29, 0.717) is 0 Å². The van der Waals surface area contributed by atoms with E-state index in [-0.39, 0.29) is 0 Å². The Bertz CT molecular complexity index is 684. The van der Waals surface area contributed by atoms with Gasteiger partial charge in [-0.1, -0.05) is 73.5 Å². The fourth-order valence-corrected chi connectivity index (χ4v) is 8.52. The Morgan fingerprint density at radius 3 is 1.11 bits per heavy atom. The minimum Gasteiger partial charge on any atom is -0.0684 e. The van der Waals surface area contributed by atoms with Crippen molar-refractivity contribution in [3.8, 4) is 0 Å². The van der Waals surface area contributed by atoms with Crippen molar-refractivity contribution in [1.82, 2.24) is 0 Å². The van der Waals surface area contributed by atoms with Crippen LogP contribution in [0.2, 0.25) is 13.1 Å². The predicted molar refractivity (Wildman–Crippen MR) is 118 cm³/mol. The molecule has 0 aromatic carbocycles. The molecular formula is C26H30Si. The van der Waals surface area contributed by atoms with Crippen LogP contribution in [0.4, 0.5) is 0 Å². The van der Waals surface area contributed by atoms with Gasteiger partial charge in [-0.2, -0.15) is 0 Å². The van der Waals surface area contributed by atoms with Gasteiger partial charge in [-0.3, -0.25) is 0 Å². The van der Waals surface area contributed by atoms with E-state index in [1.165, 1.54) is 57.8 Å². The molecule has 0 amide bonds. The molecule has 0 nitrogen and oxygen atoms in total. The van der Waals surface area contributed by atoms with Gasteiger partial charge < -0.3 is 0 Å². The fourth-order valence-electron chi connectivity index (χ4n) is 5.19. The molecule has 4 aliphatic carbocycles. The molecule has 4 aliphatic rings. The van der Waals surface area contributed by atoms with E-state index in [9.17, 15) is 0 Å². The van der Waals surface area contributed by atoms with Crippen LogP contribution in [0.1, 0.15) is 41.5 Å². The van der Waals surface area contributed by atoms with Crippen molar-refractivity contribution in [2.75, 3.05) is 0 Å². The van der Waals surface area contributed by atoms with Crippen LogP contribution in [0.15, 0.2) is 46.6 Å². The highest BCUT2D eigenvalue weighted by atomic mass is 28.3. The van der Waals surface area contributed by atoms with Gasteiger partial charge in [0.15, 0.2) is 0 Å². The van der Waals surface area contributed by atoms with Crippen molar-refractivity contribution in [3.05, 3.63) is 106 Å². The Labute approximate surface area is 168 Å². The molecule has 0 unspecified atom stereocenters. The molecule has 0 heterocycles. The Morgan fingerprint density at radius 1 is 0.481 bits per heavy atom. The maximum atomic E-state index is 2.54. The summed E-state index contributed by atoms with van der Waals surface area (Å²) in [4.78, 5) is 0.